The zero-order valence-corrected chi connectivity index (χ0v) is 26.8. The first kappa shape index (κ1) is 26.7. The number of hydrogen-bond acceptors (Lipinski definition) is 5. The number of nitrogens with zero attached hydrogens (tertiary/aromatic N) is 3. The highest BCUT2D eigenvalue weighted by Gasteiger charge is 2.26. The first-order valence-corrected chi connectivity index (χ1v) is 16.8. The normalized spacial score (nSPS) is 13.1. The van der Waals surface area contributed by atoms with Crippen molar-refractivity contribution in [2.24, 2.45) is 0 Å². The van der Waals surface area contributed by atoms with E-state index in [-0.39, 0.29) is 5.41 Å². The fourth-order valence-corrected chi connectivity index (χ4v) is 8.33. The molecule has 0 saturated carbocycles. The standard InChI is InChI=1S/C40H29N3S2/c1-40(2,3)30-16-18-31(19-17-30)43-32-9-4-5-10-34(32)44-35-20-15-28(23-33(35)43)38-41-39(45-42-38)29-21-26-13-11-24-7-6-8-25-12-14-27(22-29)37(26)36(24)25/h4-23H,1-3H3. The summed E-state index contributed by atoms with van der Waals surface area (Å²) < 4.78 is 4.88. The third-order valence-corrected chi connectivity index (χ3v) is 10.8. The first-order chi connectivity index (χ1) is 21.9. The van der Waals surface area contributed by atoms with E-state index in [2.05, 4.69) is 147 Å². The Morgan fingerprint density at radius 2 is 1.24 bits per heavy atom. The molecule has 0 N–H and O–H groups in total. The molecule has 45 heavy (non-hydrogen) atoms. The molecule has 0 amide bonds. The minimum atomic E-state index is 0.100. The molecule has 0 atom stereocenters. The van der Waals surface area contributed by atoms with Gasteiger partial charge >= 0.3 is 0 Å². The van der Waals surface area contributed by atoms with Gasteiger partial charge in [-0.25, -0.2) is 4.98 Å². The van der Waals surface area contributed by atoms with Crippen molar-refractivity contribution >= 4 is 72.7 Å². The zero-order valence-electron chi connectivity index (χ0n) is 25.2. The van der Waals surface area contributed by atoms with E-state index >= 15 is 0 Å². The molecule has 8 aromatic rings. The van der Waals surface area contributed by atoms with Crippen LogP contribution < -0.4 is 4.90 Å². The maximum atomic E-state index is 5.10. The molecule has 5 heteroatoms. The molecule has 0 spiro atoms. The fourth-order valence-electron chi connectivity index (χ4n) is 6.62. The molecule has 0 radical (unpaired) electrons. The summed E-state index contributed by atoms with van der Waals surface area (Å²) in [4.78, 5) is 9.95. The summed E-state index contributed by atoms with van der Waals surface area (Å²) in [6, 6.07) is 44.3. The van der Waals surface area contributed by atoms with Crippen LogP contribution in [-0.4, -0.2) is 9.36 Å². The molecule has 9 rings (SSSR count). The van der Waals surface area contributed by atoms with Crippen molar-refractivity contribution in [1.82, 2.24) is 9.36 Å². The molecule has 7 aromatic carbocycles. The zero-order chi connectivity index (χ0) is 30.3. The van der Waals surface area contributed by atoms with E-state index in [9.17, 15) is 0 Å². The Labute approximate surface area is 270 Å². The Kier molecular flexibility index (Phi) is 5.87. The van der Waals surface area contributed by atoms with Crippen LogP contribution in [-0.2, 0) is 5.41 Å². The fraction of sp³-hybridized carbons (Fsp3) is 0.100. The molecule has 0 bridgehead atoms. The SMILES string of the molecule is CC(C)(C)c1ccc(N2c3ccccc3Sc3ccc(-c4nsc(-c5cc6ccc7cccc8ccc(c5)c6c78)n4)cc32)cc1. The second-order valence-electron chi connectivity index (χ2n) is 12.8. The number of rotatable bonds is 3. The van der Waals surface area contributed by atoms with Crippen LogP contribution in [0.5, 0.6) is 0 Å². The van der Waals surface area contributed by atoms with E-state index < -0.39 is 0 Å². The van der Waals surface area contributed by atoms with E-state index in [1.807, 2.05) is 11.8 Å². The maximum absolute atomic E-state index is 5.10. The molecule has 1 aliphatic heterocycles. The summed E-state index contributed by atoms with van der Waals surface area (Å²) >= 11 is 3.29. The third kappa shape index (κ3) is 4.33. The Morgan fingerprint density at radius 1 is 0.578 bits per heavy atom. The van der Waals surface area contributed by atoms with E-state index in [0.717, 1.165) is 33.3 Å². The van der Waals surface area contributed by atoms with E-state index in [0.29, 0.717) is 0 Å². The summed E-state index contributed by atoms with van der Waals surface area (Å²) in [5.74, 6) is 0.759. The van der Waals surface area contributed by atoms with Crippen LogP contribution in [0.1, 0.15) is 26.3 Å². The lowest BCUT2D eigenvalue weighted by Gasteiger charge is -2.33. The highest BCUT2D eigenvalue weighted by atomic mass is 32.2. The van der Waals surface area contributed by atoms with Crippen molar-refractivity contribution in [3.8, 4) is 22.0 Å². The van der Waals surface area contributed by atoms with Gasteiger partial charge in [0.2, 0.25) is 0 Å². The van der Waals surface area contributed by atoms with Gasteiger partial charge in [0, 0.05) is 26.6 Å². The highest BCUT2D eigenvalue weighted by Crippen LogP contribution is 2.52. The topological polar surface area (TPSA) is 29.0 Å². The van der Waals surface area contributed by atoms with E-state index in [1.54, 1.807) is 0 Å². The summed E-state index contributed by atoms with van der Waals surface area (Å²) in [7, 11) is 0. The lowest BCUT2D eigenvalue weighted by molar-refractivity contribution is 0.590. The minimum Gasteiger partial charge on any atom is -0.308 e. The monoisotopic (exact) mass is 615 g/mol. The molecule has 0 fully saturated rings. The first-order valence-electron chi connectivity index (χ1n) is 15.2. The molecule has 1 aliphatic rings. The molecule has 0 unspecified atom stereocenters. The summed E-state index contributed by atoms with van der Waals surface area (Å²) in [6.07, 6.45) is 0. The molecule has 216 valence electrons. The number of para-hydroxylation sites is 1. The number of hydrogen-bond donors (Lipinski definition) is 0. The molecule has 0 saturated heterocycles. The van der Waals surface area contributed by atoms with Gasteiger partial charge in [0.1, 0.15) is 5.01 Å². The lowest BCUT2D eigenvalue weighted by atomic mass is 9.87. The number of benzene rings is 7. The number of aromatic nitrogens is 2. The number of fused-ring (bicyclic) bond motifs is 2. The Hall–Kier alpha value is -4.71. The van der Waals surface area contributed by atoms with Gasteiger partial charge in [0.05, 0.1) is 11.4 Å². The Balaban J connectivity index is 1.13. The van der Waals surface area contributed by atoms with E-state index in [1.165, 1.54) is 64.9 Å². The van der Waals surface area contributed by atoms with Gasteiger partial charge in [-0.05, 0) is 109 Å². The van der Waals surface area contributed by atoms with Crippen LogP contribution >= 0.6 is 23.3 Å². The third-order valence-electron chi connectivity index (χ3n) is 8.91. The maximum Gasteiger partial charge on any atom is 0.173 e. The van der Waals surface area contributed by atoms with Crippen LogP contribution in [0.25, 0.3) is 54.3 Å². The van der Waals surface area contributed by atoms with Crippen molar-refractivity contribution < 1.29 is 0 Å². The van der Waals surface area contributed by atoms with Gasteiger partial charge in [-0.2, -0.15) is 4.37 Å². The predicted octanol–water partition coefficient (Wildman–Crippen LogP) is 12.0. The van der Waals surface area contributed by atoms with Crippen molar-refractivity contribution in [1.29, 1.82) is 0 Å². The Bertz CT molecular complexity index is 2340. The molecule has 1 aromatic heterocycles. The van der Waals surface area contributed by atoms with Gasteiger partial charge < -0.3 is 4.90 Å². The van der Waals surface area contributed by atoms with Crippen LogP contribution in [0.2, 0.25) is 0 Å². The van der Waals surface area contributed by atoms with Crippen molar-refractivity contribution in [2.45, 2.75) is 36.0 Å². The van der Waals surface area contributed by atoms with Crippen LogP contribution in [0, 0.1) is 0 Å². The quantitative estimate of drug-likeness (QED) is 0.185. The summed E-state index contributed by atoms with van der Waals surface area (Å²) in [5.41, 5.74) is 7.04. The average molecular weight is 616 g/mol. The van der Waals surface area contributed by atoms with E-state index in [4.69, 9.17) is 9.36 Å². The van der Waals surface area contributed by atoms with Crippen molar-refractivity contribution in [2.75, 3.05) is 4.90 Å². The van der Waals surface area contributed by atoms with Crippen molar-refractivity contribution in [3.63, 3.8) is 0 Å². The molecule has 2 heterocycles. The largest absolute Gasteiger partial charge is 0.308 e. The summed E-state index contributed by atoms with van der Waals surface area (Å²) in [5, 5.41) is 8.63. The minimum absolute atomic E-state index is 0.100. The number of anilines is 3. The van der Waals surface area contributed by atoms with Gasteiger partial charge in [-0.3, -0.25) is 0 Å². The van der Waals surface area contributed by atoms with Gasteiger partial charge in [0.15, 0.2) is 5.82 Å². The molecule has 0 aliphatic carbocycles. The second kappa shape index (κ2) is 9.90. The second-order valence-corrected chi connectivity index (χ2v) is 14.7. The predicted molar refractivity (Wildman–Crippen MR) is 192 cm³/mol. The van der Waals surface area contributed by atoms with Crippen LogP contribution in [0.3, 0.4) is 0 Å². The van der Waals surface area contributed by atoms with Gasteiger partial charge in [-0.15, -0.1) is 0 Å². The average Bonchev–Trinajstić information content (AvgIpc) is 3.56. The summed E-state index contributed by atoms with van der Waals surface area (Å²) in [6.45, 7) is 6.77. The van der Waals surface area contributed by atoms with Gasteiger partial charge in [-0.1, -0.05) is 99.3 Å². The van der Waals surface area contributed by atoms with Gasteiger partial charge in [0.25, 0.3) is 0 Å². The smallest absolute Gasteiger partial charge is 0.173 e. The molecular formula is C40H29N3S2. The van der Waals surface area contributed by atoms with Crippen LogP contribution in [0.4, 0.5) is 17.1 Å². The lowest BCUT2D eigenvalue weighted by Crippen LogP contribution is -2.16. The van der Waals surface area contributed by atoms with Crippen molar-refractivity contribution in [3.05, 3.63) is 127 Å². The van der Waals surface area contributed by atoms with Crippen LogP contribution in [0.15, 0.2) is 131 Å². The highest BCUT2D eigenvalue weighted by molar-refractivity contribution is 7.99. The molecular weight excluding hydrogens is 587 g/mol. The molecule has 3 nitrogen and oxygen atoms in total. The Morgan fingerprint density at radius 3 is 1.98 bits per heavy atom.